The van der Waals surface area contributed by atoms with Crippen LogP contribution in [0, 0.1) is 0 Å². The minimum absolute atomic E-state index is 0.312. The molecule has 0 radical (unpaired) electrons. The van der Waals surface area contributed by atoms with E-state index in [1.807, 2.05) is 13.8 Å². The first kappa shape index (κ1) is 14.7. The molecule has 17 heavy (non-hydrogen) atoms. The van der Waals surface area contributed by atoms with Gasteiger partial charge in [0.15, 0.2) is 0 Å². The van der Waals surface area contributed by atoms with E-state index in [0.29, 0.717) is 10.2 Å². The predicted octanol–water partition coefficient (Wildman–Crippen LogP) is 2.92. The van der Waals surface area contributed by atoms with Crippen molar-refractivity contribution in [3.63, 3.8) is 0 Å². The van der Waals surface area contributed by atoms with Crippen molar-refractivity contribution < 1.29 is 8.42 Å². The van der Waals surface area contributed by atoms with Crippen molar-refractivity contribution in [1.82, 2.24) is 4.72 Å². The number of nitrogens with one attached hydrogen (secondary N) is 1. The minimum Gasteiger partial charge on any atom is -0.207 e. The molecule has 1 N–H and O–H groups in total. The van der Waals surface area contributed by atoms with Crippen LogP contribution in [0.15, 0.2) is 35.2 Å². The van der Waals surface area contributed by atoms with Crippen molar-refractivity contribution in [3.05, 3.63) is 30.3 Å². The Kier molecular flexibility index (Phi) is 5.16. The molecule has 0 aliphatic heterocycles. The van der Waals surface area contributed by atoms with Crippen LogP contribution in [0.2, 0.25) is 0 Å². The lowest BCUT2D eigenvalue weighted by Gasteiger charge is -2.30. The third kappa shape index (κ3) is 3.53. The molecule has 0 unspecified atom stereocenters. The third-order valence-electron chi connectivity index (χ3n) is 3.01. The van der Waals surface area contributed by atoms with E-state index in [-0.39, 0.29) is 0 Å². The fourth-order valence-electron chi connectivity index (χ4n) is 1.55. The van der Waals surface area contributed by atoms with Crippen LogP contribution < -0.4 is 4.72 Å². The molecule has 0 heterocycles. The molecule has 96 valence electrons. The summed E-state index contributed by atoms with van der Waals surface area (Å²) >= 11 is 3.39. The number of alkyl halides is 1. The van der Waals surface area contributed by atoms with Crippen LogP contribution in [0.1, 0.15) is 26.7 Å². The fraction of sp³-hybridized carbons (Fsp3) is 0.500. The van der Waals surface area contributed by atoms with Crippen LogP contribution in [0.4, 0.5) is 0 Å². The van der Waals surface area contributed by atoms with Gasteiger partial charge in [-0.2, -0.15) is 0 Å². The molecule has 5 heteroatoms. The molecule has 0 bridgehead atoms. The fourth-order valence-corrected chi connectivity index (χ4v) is 4.24. The van der Waals surface area contributed by atoms with Gasteiger partial charge >= 0.3 is 0 Å². The van der Waals surface area contributed by atoms with E-state index in [1.54, 1.807) is 30.3 Å². The van der Waals surface area contributed by atoms with E-state index in [0.717, 1.165) is 12.8 Å². The van der Waals surface area contributed by atoms with Gasteiger partial charge < -0.3 is 0 Å². The van der Waals surface area contributed by atoms with Gasteiger partial charge in [-0.15, -0.1) is 0 Å². The zero-order valence-electron chi connectivity index (χ0n) is 10.1. The maximum absolute atomic E-state index is 12.2. The summed E-state index contributed by atoms with van der Waals surface area (Å²) in [4.78, 5) is 0.312. The number of rotatable bonds is 6. The number of hydrogen-bond acceptors (Lipinski definition) is 2. The summed E-state index contributed by atoms with van der Waals surface area (Å²) in [6.07, 6.45) is 1.50. The summed E-state index contributed by atoms with van der Waals surface area (Å²) in [7, 11) is -3.43. The summed E-state index contributed by atoms with van der Waals surface area (Å²) in [6, 6.07) is 8.46. The Bertz CT molecular complexity index is 433. The molecule has 0 saturated carbocycles. The first-order chi connectivity index (χ1) is 7.99. The van der Waals surface area contributed by atoms with Crippen molar-refractivity contribution >= 4 is 26.0 Å². The first-order valence-corrected chi connectivity index (χ1v) is 8.25. The van der Waals surface area contributed by atoms with Crippen molar-refractivity contribution in [2.75, 3.05) is 5.33 Å². The Morgan fingerprint density at radius 2 is 1.71 bits per heavy atom. The largest absolute Gasteiger partial charge is 0.241 e. The van der Waals surface area contributed by atoms with Gasteiger partial charge in [-0.1, -0.05) is 48.0 Å². The number of sulfonamides is 1. The molecule has 0 aliphatic rings. The van der Waals surface area contributed by atoms with Gasteiger partial charge in [-0.3, -0.25) is 0 Å². The van der Waals surface area contributed by atoms with Gasteiger partial charge in [0.05, 0.1) is 4.90 Å². The smallest absolute Gasteiger partial charge is 0.207 e. The van der Waals surface area contributed by atoms with Gasteiger partial charge in [-0.25, -0.2) is 13.1 Å². The Morgan fingerprint density at radius 3 is 2.12 bits per heavy atom. The van der Waals surface area contributed by atoms with E-state index in [9.17, 15) is 8.42 Å². The van der Waals surface area contributed by atoms with Crippen molar-refractivity contribution in [2.45, 2.75) is 37.1 Å². The van der Waals surface area contributed by atoms with Crippen LogP contribution >= 0.6 is 15.9 Å². The first-order valence-electron chi connectivity index (χ1n) is 5.64. The Hall–Kier alpha value is -0.390. The maximum atomic E-state index is 12.2. The average molecular weight is 320 g/mol. The molecule has 0 amide bonds. The zero-order valence-corrected chi connectivity index (χ0v) is 12.5. The third-order valence-corrected chi connectivity index (χ3v) is 5.68. The zero-order chi connectivity index (χ0) is 12.9. The van der Waals surface area contributed by atoms with Crippen molar-refractivity contribution in [2.24, 2.45) is 0 Å². The minimum atomic E-state index is -3.43. The molecule has 0 atom stereocenters. The van der Waals surface area contributed by atoms with E-state index < -0.39 is 15.6 Å². The molecule has 0 spiro atoms. The summed E-state index contributed by atoms with van der Waals surface area (Å²) in [5.74, 6) is 0. The topological polar surface area (TPSA) is 46.2 Å². The molecule has 0 fully saturated rings. The standard InChI is InChI=1S/C12H18BrNO2S/c1-3-12(4-2,10-13)14-17(15,16)11-8-6-5-7-9-11/h5-9,14H,3-4,10H2,1-2H3. The lowest BCUT2D eigenvalue weighted by Crippen LogP contribution is -2.48. The summed E-state index contributed by atoms with van der Waals surface area (Å²) < 4.78 is 27.2. The number of hydrogen-bond donors (Lipinski definition) is 1. The van der Waals surface area contributed by atoms with Crippen LogP contribution in [0.25, 0.3) is 0 Å². The van der Waals surface area contributed by atoms with Crippen molar-refractivity contribution in [3.8, 4) is 0 Å². The molecule has 1 aromatic carbocycles. The highest BCUT2D eigenvalue weighted by atomic mass is 79.9. The van der Waals surface area contributed by atoms with Crippen LogP contribution in [-0.2, 0) is 10.0 Å². The molecular weight excluding hydrogens is 302 g/mol. The lowest BCUT2D eigenvalue weighted by atomic mass is 9.97. The monoisotopic (exact) mass is 319 g/mol. The molecular formula is C12H18BrNO2S. The van der Waals surface area contributed by atoms with Crippen molar-refractivity contribution in [1.29, 1.82) is 0 Å². The van der Waals surface area contributed by atoms with Gasteiger partial charge in [-0.05, 0) is 25.0 Å². The summed E-state index contributed by atoms with van der Waals surface area (Å²) in [5, 5.41) is 0.610. The van der Waals surface area contributed by atoms with E-state index in [4.69, 9.17) is 0 Å². The quantitative estimate of drug-likeness (QED) is 0.819. The predicted molar refractivity (Wildman–Crippen MR) is 73.9 cm³/mol. The molecule has 0 aromatic heterocycles. The van der Waals surface area contributed by atoms with Crippen LogP contribution in [0.3, 0.4) is 0 Å². The van der Waals surface area contributed by atoms with E-state index in [2.05, 4.69) is 20.7 Å². The number of benzene rings is 1. The second kappa shape index (κ2) is 5.98. The molecule has 0 saturated heterocycles. The van der Waals surface area contributed by atoms with Gasteiger partial charge in [0.1, 0.15) is 0 Å². The highest BCUT2D eigenvalue weighted by Gasteiger charge is 2.30. The maximum Gasteiger partial charge on any atom is 0.241 e. The second-order valence-electron chi connectivity index (χ2n) is 4.04. The number of halogens is 1. The highest BCUT2D eigenvalue weighted by Crippen LogP contribution is 2.21. The van der Waals surface area contributed by atoms with E-state index in [1.165, 1.54) is 0 Å². The van der Waals surface area contributed by atoms with Crippen LogP contribution in [-0.4, -0.2) is 19.3 Å². The van der Waals surface area contributed by atoms with Crippen LogP contribution in [0.5, 0.6) is 0 Å². The SMILES string of the molecule is CCC(CC)(CBr)NS(=O)(=O)c1ccccc1. The average Bonchev–Trinajstić information content (AvgIpc) is 2.37. The normalized spacial score (nSPS) is 12.6. The Balaban J connectivity index is 3.01. The lowest BCUT2D eigenvalue weighted by molar-refractivity contribution is 0.398. The molecule has 1 aromatic rings. The van der Waals surface area contributed by atoms with Gasteiger partial charge in [0.2, 0.25) is 10.0 Å². The second-order valence-corrected chi connectivity index (χ2v) is 6.28. The highest BCUT2D eigenvalue weighted by molar-refractivity contribution is 9.09. The Labute approximate surface area is 112 Å². The van der Waals surface area contributed by atoms with Gasteiger partial charge in [0.25, 0.3) is 0 Å². The summed E-state index contributed by atoms with van der Waals surface area (Å²) in [5.41, 5.74) is -0.408. The van der Waals surface area contributed by atoms with E-state index >= 15 is 0 Å². The summed E-state index contributed by atoms with van der Waals surface area (Å²) in [6.45, 7) is 3.97. The van der Waals surface area contributed by atoms with Gasteiger partial charge in [0, 0.05) is 10.9 Å². The molecule has 0 aliphatic carbocycles. The molecule has 3 nitrogen and oxygen atoms in total. The Morgan fingerprint density at radius 1 is 1.18 bits per heavy atom. The molecule has 1 rings (SSSR count).